The molecule has 2 nitrogen and oxygen atoms in total. The van der Waals surface area contributed by atoms with Crippen LogP contribution in [-0.2, 0) is 6.54 Å². The second-order valence-corrected chi connectivity index (χ2v) is 5.48. The molecule has 1 aromatic heterocycles. The van der Waals surface area contributed by atoms with Crippen LogP contribution in [0.2, 0.25) is 5.02 Å². The fourth-order valence-electron chi connectivity index (χ4n) is 1.29. The topological polar surface area (TPSA) is 17.8 Å². The van der Waals surface area contributed by atoms with Gasteiger partial charge in [-0.3, -0.25) is 4.68 Å². The molecule has 16 heavy (non-hydrogen) atoms. The van der Waals surface area contributed by atoms with Gasteiger partial charge in [-0.15, -0.1) is 0 Å². The van der Waals surface area contributed by atoms with Crippen molar-refractivity contribution >= 4 is 50.1 Å². The summed E-state index contributed by atoms with van der Waals surface area (Å²) in [5, 5.41) is 4.81. The monoisotopic (exact) mass is 414 g/mol. The van der Waals surface area contributed by atoms with Gasteiger partial charge in [0, 0.05) is 10.7 Å². The van der Waals surface area contributed by atoms with Crippen molar-refractivity contribution in [3.63, 3.8) is 0 Å². The maximum atomic E-state index is 13.1. The van der Waals surface area contributed by atoms with Crippen LogP contribution in [0.4, 0.5) is 4.39 Å². The first-order valence-electron chi connectivity index (χ1n) is 4.38. The Hall–Kier alpha value is -0.140. The summed E-state index contributed by atoms with van der Waals surface area (Å²) in [6.07, 6.45) is 1.72. The van der Waals surface area contributed by atoms with Crippen molar-refractivity contribution < 1.29 is 4.39 Å². The Morgan fingerprint density at radius 2 is 2.25 bits per heavy atom. The van der Waals surface area contributed by atoms with Gasteiger partial charge in [0.25, 0.3) is 0 Å². The van der Waals surface area contributed by atoms with Crippen molar-refractivity contribution in [2.75, 3.05) is 0 Å². The Labute approximate surface area is 119 Å². The van der Waals surface area contributed by atoms with Crippen LogP contribution in [0.5, 0.6) is 0 Å². The fourth-order valence-corrected chi connectivity index (χ4v) is 2.23. The van der Waals surface area contributed by atoms with E-state index in [9.17, 15) is 4.39 Å². The summed E-state index contributed by atoms with van der Waals surface area (Å²) in [6, 6.07) is 4.57. The van der Waals surface area contributed by atoms with E-state index in [1.54, 1.807) is 16.9 Å². The smallest absolute Gasteiger partial charge is 0.141 e. The normalized spacial score (nSPS) is 10.8. The van der Waals surface area contributed by atoms with Crippen LogP contribution >= 0.6 is 50.1 Å². The molecule has 0 fully saturated rings. The van der Waals surface area contributed by atoms with Crippen LogP contribution in [0.1, 0.15) is 5.56 Å². The van der Waals surface area contributed by atoms with Crippen molar-refractivity contribution in [3.8, 4) is 0 Å². The molecule has 6 heteroatoms. The molecule has 2 rings (SSSR count). The highest BCUT2D eigenvalue weighted by atomic mass is 127. The molecule has 0 aliphatic carbocycles. The Bertz CT molecular complexity index is 510. The summed E-state index contributed by atoms with van der Waals surface area (Å²) < 4.78 is 16.3. The van der Waals surface area contributed by atoms with E-state index in [-0.39, 0.29) is 5.82 Å². The van der Waals surface area contributed by atoms with Crippen LogP contribution in [-0.4, -0.2) is 9.78 Å². The summed E-state index contributed by atoms with van der Waals surface area (Å²) in [5.74, 6) is -0.258. The fraction of sp³-hybridized carbons (Fsp3) is 0.100. The lowest BCUT2D eigenvalue weighted by Crippen LogP contribution is -2.01. The lowest BCUT2D eigenvalue weighted by atomic mass is 10.2. The predicted molar refractivity (Wildman–Crippen MR) is 73.2 cm³/mol. The Kier molecular flexibility index (Phi) is 3.86. The molecule has 2 aromatic rings. The van der Waals surface area contributed by atoms with E-state index in [2.05, 4.69) is 43.6 Å². The third-order valence-electron chi connectivity index (χ3n) is 2.02. The van der Waals surface area contributed by atoms with Crippen LogP contribution < -0.4 is 0 Å². The maximum absolute atomic E-state index is 13.1. The van der Waals surface area contributed by atoms with Crippen LogP contribution in [0, 0.1) is 9.52 Å². The minimum absolute atomic E-state index is 0.258. The second-order valence-electron chi connectivity index (χ2n) is 3.20. The number of halogens is 4. The van der Waals surface area contributed by atoms with Crippen LogP contribution in [0.3, 0.4) is 0 Å². The highest BCUT2D eigenvalue weighted by Gasteiger charge is 2.06. The zero-order chi connectivity index (χ0) is 11.7. The minimum atomic E-state index is -0.258. The zero-order valence-electron chi connectivity index (χ0n) is 7.92. The van der Waals surface area contributed by atoms with Crippen LogP contribution in [0.25, 0.3) is 0 Å². The van der Waals surface area contributed by atoms with Gasteiger partial charge in [-0.05, 0) is 46.4 Å². The standard InChI is InChI=1S/C10H6BrClFIN2/c11-8-2-1-7(13)3-6(8)4-16-5-9(12)10(14)15-16/h1-3,5H,4H2. The van der Waals surface area contributed by atoms with Crippen molar-refractivity contribution in [2.24, 2.45) is 0 Å². The van der Waals surface area contributed by atoms with E-state index >= 15 is 0 Å². The van der Waals surface area contributed by atoms with E-state index in [1.807, 2.05) is 0 Å². The lowest BCUT2D eigenvalue weighted by molar-refractivity contribution is 0.618. The number of hydrogen-bond acceptors (Lipinski definition) is 1. The second kappa shape index (κ2) is 5.01. The molecule has 84 valence electrons. The van der Waals surface area contributed by atoms with E-state index in [0.717, 1.165) is 13.7 Å². The number of benzene rings is 1. The molecule has 1 heterocycles. The van der Waals surface area contributed by atoms with E-state index in [0.29, 0.717) is 11.6 Å². The Balaban J connectivity index is 2.29. The van der Waals surface area contributed by atoms with E-state index in [1.165, 1.54) is 12.1 Å². The first-order chi connectivity index (χ1) is 7.56. The summed E-state index contributed by atoms with van der Waals surface area (Å²) in [5.41, 5.74) is 0.829. The van der Waals surface area contributed by atoms with Crippen molar-refractivity contribution in [2.45, 2.75) is 6.54 Å². The molecule has 0 saturated heterocycles. The molecule has 0 unspecified atom stereocenters. The Morgan fingerprint density at radius 1 is 1.50 bits per heavy atom. The molecule has 0 spiro atoms. The molecule has 0 aliphatic rings. The number of nitrogens with zero attached hydrogens (tertiary/aromatic N) is 2. The molecule has 0 saturated carbocycles. The van der Waals surface area contributed by atoms with Gasteiger partial charge in [0.05, 0.1) is 11.6 Å². The summed E-state index contributed by atoms with van der Waals surface area (Å²) >= 11 is 11.3. The maximum Gasteiger partial charge on any atom is 0.141 e. The molecule has 1 aromatic carbocycles. The average molecular weight is 415 g/mol. The highest BCUT2D eigenvalue weighted by molar-refractivity contribution is 14.1. The Morgan fingerprint density at radius 3 is 2.88 bits per heavy atom. The molecule has 0 amide bonds. The summed E-state index contributed by atoms with van der Waals surface area (Å²) in [6.45, 7) is 0.487. The largest absolute Gasteiger partial charge is 0.266 e. The summed E-state index contributed by atoms with van der Waals surface area (Å²) in [4.78, 5) is 0. The average Bonchev–Trinajstić information content (AvgIpc) is 2.52. The molecular weight excluding hydrogens is 409 g/mol. The van der Waals surface area contributed by atoms with Gasteiger partial charge < -0.3 is 0 Å². The molecule has 0 aliphatic heterocycles. The van der Waals surface area contributed by atoms with Crippen LogP contribution in [0.15, 0.2) is 28.9 Å². The molecule has 0 N–H and O–H groups in total. The third-order valence-corrected chi connectivity index (χ3v) is 4.18. The first-order valence-corrected chi connectivity index (χ1v) is 6.63. The zero-order valence-corrected chi connectivity index (χ0v) is 12.4. The molecular formula is C10H6BrClFIN2. The van der Waals surface area contributed by atoms with Gasteiger partial charge >= 0.3 is 0 Å². The van der Waals surface area contributed by atoms with Gasteiger partial charge in [-0.2, -0.15) is 5.10 Å². The third kappa shape index (κ3) is 2.75. The quantitative estimate of drug-likeness (QED) is 0.676. The minimum Gasteiger partial charge on any atom is -0.266 e. The van der Waals surface area contributed by atoms with Gasteiger partial charge in [0.15, 0.2) is 0 Å². The highest BCUT2D eigenvalue weighted by Crippen LogP contribution is 2.21. The SMILES string of the molecule is Fc1ccc(Br)c(Cn2cc(Cl)c(I)n2)c1. The predicted octanol–water partition coefficient (Wildman–Crippen LogP) is 4.09. The molecule has 0 atom stereocenters. The van der Waals surface area contributed by atoms with Crippen molar-refractivity contribution in [1.29, 1.82) is 0 Å². The lowest BCUT2D eigenvalue weighted by Gasteiger charge is -2.04. The van der Waals surface area contributed by atoms with Gasteiger partial charge in [0.1, 0.15) is 9.52 Å². The molecule has 0 bridgehead atoms. The number of hydrogen-bond donors (Lipinski definition) is 0. The van der Waals surface area contributed by atoms with Gasteiger partial charge in [0.2, 0.25) is 0 Å². The number of aromatic nitrogens is 2. The van der Waals surface area contributed by atoms with Gasteiger partial charge in [-0.25, -0.2) is 4.39 Å². The molecule has 0 radical (unpaired) electrons. The van der Waals surface area contributed by atoms with Crippen molar-refractivity contribution in [3.05, 3.63) is 49.0 Å². The first kappa shape index (κ1) is 12.3. The van der Waals surface area contributed by atoms with Gasteiger partial charge in [-0.1, -0.05) is 27.5 Å². The van der Waals surface area contributed by atoms with E-state index < -0.39 is 0 Å². The number of rotatable bonds is 2. The van der Waals surface area contributed by atoms with Crippen molar-refractivity contribution in [1.82, 2.24) is 9.78 Å². The van der Waals surface area contributed by atoms with E-state index in [4.69, 9.17) is 11.6 Å². The summed E-state index contributed by atoms with van der Waals surface area (Å²) in [7, 11) is 0.